The van der Waals surface area contributed by atoms with Crippen molar-refractivity contribution < 1.29 is 4.79 Å². The van der Waals surface area contributed by atoms with E-state index in [1.807, 2.05) is 6.20 Å². The minimum absolute atomic E-state index is 0.0536. The normalized spacial score (nSPS) is 30.5. The van der Waals surface area contributed by atoms with Crippen LogP contribution in [-0.2, 0) is 16.8 Å². The van der Waals surface area contributed by atoms with Gasteiger partial charge in [0.05, 0.1) is 6.20 Å². The summed E-state index contributed by atoms with van der Waals surface area (Å²) < 4.78 is 1.67. The van der Waals surface area contributed by atoms with Crippen molar-refractivity contribution >= 4 is 5.91 Å². The molecule has 0 spiro atoms. The highest BCUT2D eigenvalue weighted by Gasteiger charge is 2.51. The Labute approximate surface area is 173 Å². The molecule has 4 bridgehead atoms. The number of rotatable bonds is 4. The van der Waals surface area contributed by atoms with Gasteiger partial charge in [0.25, 0.3) is 0 Å². The van der Waals surface area contributed by atoms with Gasteiger partial charge in [-0.2, -0.15) is 0 Å². The Morgan fingerprint density at radius 3 is 2.21 bits per heavy atom. The molecular weight excluding hydrogens is 360 g/mol. The molecule has 0 atom stereocenters. The van der Waals surface area contributed by atoms with Crippen molar-refractivity contribution in [3.8, 4) is 11.3 Å². The molecule has 2 aromatic rings. The summed E-state index contributed by atoms with van der Waals surface area (Å²) in [7, 11) is 0. The van der Waals surface area contributed by atoms with Crippen LogP contribution in [0.15, 0.2) is 30.5 Å². The monoisotopic (exact) mass is 392 g/mol. The summed E-state index contributed by atoms with van der Waals surface area (Å²) in [5, 5.41) is 11.9. The Morgan fingerprint density at radius 1 is 1.07 bits per heavy atom. The molecule has 154 valence electrons. The maximum atomic E-state index is 12.8. The fourth-order valence-electron chi connectivity index (χ4n) is 6.40. The van der Waals surface area contributed by atoms with Crippen molar-refractivity contribution in [2.45, 2.75) is 76.8 Å². The second-order valence-electron chi connectivity index (χ2n) is 10.9. The first-order chi connectivity index (χ1) is 13.8. The van der Waals surface area contributed by atoms with Crippen molar-refractivity contribution in [1.82, 2.24) is 20.3 Å². The largest absolute Gasteiger partial charge is 0.349 e. The fourth-order valence-corrected chi connectivity index (χ4v) is 6.40. The van der Waals surface area contributed by atoms with Gasteiger partial charge in [0, 0.05) is 11.1 Å². The van der Waals surface area contributed by atoms with Gasteiger partial charge in [-0.1, -0.05) is 50.3 Å². The SMILES string of the molecule is CC(C)(C)c1ccc(-c2cn(CC(=O)NC34CC5CC(CC(C5)C3)C4)nn2)cc1. The van der Waals surface area contributed by atoms with Crippen LogP contribution in [0.3, 0.4) is 0 Å². The molecule has 1 aromatic carbocycles. The minimum Gasteiger partial charge on any atom is -0.349 e. The lowest BCUT2D eigenvalue weighted by atomic mass is 9.53. The third-order valence-electron chi connectivity index (χ3n) is 7.33. The molecule has 1 aromatic heterocycles. The summed E-state index contributed by atoms with van der Waals surface area (Å²) in [4.78, 5) is 12.8. The Hall–Kier alpha value is -2.17. The number of hydrogen-bond donors (Lipinski definition) is 1. The topological polar surface area (TPSA) is 59.8 Å². The lowest BCUT2D eigenvalue weighted by Crippen LogP contribution is -2.60. The molecule has 0 radical (unpaired) electrons. The summed E-state index contributed by atoms with van der Waals surface area (Å²) in [6.07, 6.45) is 9.56. The first-order valence-electron chi connectivity index (χ1n) is 11.1. The van der Waals surface area contributed by atoms with Crippen LogP contribution in [0.2, 0.25) is 0 Å². The molecular formula is C24H32N4O. The van der Waals surface area contributed by atoms with Gasteiger partial charge in [-0.3, -0.25) is 4.79 Å². The zero-order valence-corrected chi connectivity index (χ0v) is 17.8. The quantitative estimate of drug-likeness (QED) is 0.843. The molecule has 1 amide bonds. The zero-order valence-electron chi connectivity index (χ0n) is 17.8. The molecule has 0 unspecified atom stereocenters. The second kappa shape index (κ2) is 6.68. The van der Waals surface area contributed by atoms with Gasteiger partial charge in [0.2, 0.25) is 5.91 Å². The van der Waals surface area contributed by atoms with E-state index in [-0.39, 0.29) is 23.4 Å². The first kappa shape index (κ1) is 18.8. The molecule has 5 heteroatoms. The highest BCUT2D eigenvalue weighted by Crippen LogP contribution is 2.55. The summed E-state index contributed by atoms with van der Waals surface area (Å²) in [6, 6.07) is 8.47. The molecule has 4 aliphatic carbocycles. The van der Waals surface area contributed by atoms with E-state index >= 15 is 0 Å². The van der Waals surface area contributed by atoms with Crippen molar-refractivity contribution in [1.29, 1.82) is 0 Å². The Morgan fingerprint density at radius 2 is 1.66 bits per heavy atom. The van der Waals surface area contributed by atoms with Crippen LogP contribution < -0.4 is 5.32 Å². The van der Waals surface area contributed by atoms with Gasteiger partial charge in [0.1, 0.15) is 12.2 Å². The van der Waals surface area contributed by atoms with E-state index in [9.17, 15) is 4.79 Å². The van der Waals surface area contributed by atoms with Crippen LogP contribution in [-0.4, -0.2) is 26.4 Å². The molecule has 1 N–H and O–H groups in total. The molecule has 4 fully saturated rings. The third-order valence-corrected chi connectivity index (χ3v) is 7.33. The van der Waals surface area contributed by atoms with Gasteiger partial charge in [0.15, 0.2) is 0 Å². The molecule has 4 saturated carbocycles. The highest BCUT2D eigenvalue weighted by atomic mass is 16.2. The number of nitrogens with one attached hydrogen (secondary N) is 1. The van der Waals surface area contributed by atoms with Crippen LogP contribution in [0.25, 0.3) is 11.3 Å². The Kier molecular flexibility index (Phi) is 4.34. The average molecular weight is 393 g/mol. The van der Waals surface area contributed by atoms with E-state index in [2.05, 4.69) is 60.7 Å². The predicted octanol–water partition coefficient (Wildman–Crippen LogP) is 4.33. The summed E-state index contributed by atoms with van der Waals surface area (Å²) >= 11 is 0. The van der Waals surface area contributed by atoms with Crippen molar-refractivity contribution in [3.63, 3.8) is 0 Å². The van der Waals surface area contributed by atoms with Crippen molar-refractivity contribution in [3.05, 3.63) is 36.0 Å². The number of aromatic nitrogens is 3. The summed E-state index contributed by atoms with van der Waals surface area (Å²) in [5.74, 6) is 2.56. The number of nitrogens with zero attached hydrogens (tertiary/aromatic N) is 3. The zero-order chi connectivity index (χ0) is 20.2. The van der Waals surface area contributed by atoms with Gasteiger partial charge >= 0.3 is 0 Å². The molecule has 0 aliphatic heterocycles. The number of amides is 1. The summed E-state index contributed by atoms with van der Waals surface area (Å²) in [6.45, 7) is 6.87. The van der Waals surface area contributed by atoms with E-state index in [1.54, 1.807) is 4.68 Å². The second-order valence-corrected chi connectivity index (χ2v) is 10.9. The van der Waals surface area contributed by atoms with Gasteiger partial charge in [-0.25, -0.2) is 4.68 Å². The van der Waals surface area contributed by atoms with Crippen LogP contribution >= 0.6 is 0 Å². The Bertz CT molecular complexity index is 870. The van der Waals surface area contributed by atoms with Gasteiger partial charge in [-0.05, 0) is 67.3 Å². The lowest BCUT2D eigenvalue weighted by Gasteiger charge is -2.56. The first-order valence-corrected chi connectivity index (χ1v) is 11.1. The van der Waals surface area contributed by atoms with Crippen LogP contribution in [0, 0.1) is 17.8 Å². The average Bonchev–Trinajstić information content (AvgIpc) is 3.07. The van der Waals surface area contributed by atoms with E-state index in [0.717, 1.165) is 29.0 Å². The van der Waals surface area contributed by atoms with E-state index < -0.39 is 0 Å². The Balaban J connectivity index is 1.24. The molecule has 5 nitrogen and oxygen atoms in total. The third kappa shape index (κ3) is 3.72. The van der Waals surface area contributed by atoms with Gasteiger partial charge in [-0.15, -0.1) is 5.10 Å². The maximum absolute atomic E-state index is 12.8. The van der Waals surface area contributed by atoms with Crippen LogP contribution in [0.1, 0.15) is 64.9 Å². The smallest absolute Gasteiger partial charge is 0.242 e. The minimum atomic E-state index is 0.0536. The molecule has 29 heavy (non-hydrogen) atoms. The van der Waals surface area contributed by atoms with Crippen LogP contribution in [0.5, 0.6) is 0 Å². The molecule has 4 aliphatic rings. The lowest BCUT2D eigenvalue weighted by molar-refractivity contribution is -0.127. The van der Waals surface area contributed by atoms with Crippen molar-refractivity contribution in [2.75, 3.05) is 0 Å². The molecule has 1 heterocycles. The number of benzene rings is 1. The van der Waals surface area contributed by atoms with E-state index in [1.165, 1.54) is 44.1 Å². The van der Waals surface area contributed by atoms with Crippen molar-refractivity contribution in [2.24, 2.45) is 17.8 Å². The number of carbonyl (C=O) groups is 1. The van der Waals surface area contributed by atoms with E-state index in [0.29, 0.717) is 0 Å². The summed E-state index contributed by atoms with van der Waals surface area (Å²) in [5.41, 5.74) is 3.33. The van der Waals surface area contributed by atoms with E-state index in [4.69, 9.17) is 0 Å². The standard InChI is InChI=1S/C24H32N4O/c1-23(2,3)20-6-4-19(5-7-20)21-14-28(27-26-21)15-22(29)25-24-11-16-8-17(12-24)10-18(9-16)13-24/h4-7,14,16-18H,8-13,15H2,1-3H3,(H,25,29). The molecule has 6 rings (SSSR count). The maximum Gasteiger partial charge on any atom is 0.242 e. The van der Waals surface area contributed by atoms with Gasteiger partial charge < -0.3 is 5.32 Å². The number of carbonyl (C=O) groups excluding carboxylic acids is 1. The number of hydrogen-bond acceptors (Lipinski definition) is 3. The predicted molar refractivity (Wildman–Crippen MR) is 113 cm³/mol. The highest BCUT2D eigenvalue weighted by molar-refractivity contribution is 5.76. The fraction of sp³-hybridized carbons (Fsp3) is 0.625. The molecule has 0 saturated heterocycles. The van der Waals surface area contributed by atoms with Crippen LogP contribution in [0.4, 0.5) is 0 Å².